The van der Waals surface area contributed by atoms with Crippen molar-refractivity contribution in [3.05, 3.63) is 75.9 Å². The van der Waals surface area contributed by atoms with Gasteiger partial charge in [0, 0.05) is 12.1 Å². The standard InChI is InChI=1S/C18H20N2O4S/c1-5-10-19(17-11-13(2)6-7-14(17)3)25(23,24)18-12-16(20(21)22)9-8-15(18)4/h5-9,11-12H,1,10H2,2-4H3. The normalized spacial score (nSPS) is 11.2. The van der Waals surface area contributed by atoms with Gasteiger partial charge in [0.2, 0.25) is 0 Å². The number of anilines is 1. The van der Waals surface area contributed by atoms with Crippen LogP contribution in [0, 0.1) is 30.9 Å². The summed E-state index contributed by atoms with van der Waals surface area (Å²) in [6.45, 7) is 9.02. The Balaban J connectivity index is 2.69. The summed E-state index contributed by atoms with van der Waals surface area (Å²) in [7, 11) is -3.98. The van der Waals surface area contributed by atoms with Crippen LogP contribution in [0.15, 0.2) is 53.9 Å². The van der Waals surface area contributed by atoms with Gasteiger partial charge in [-0.2, -0.15) is 0 Å². The molecular weight excluding hydrogens is 340 g/mol. The van der Waals surface area contributed by atoms with Crippen molar-refractivity contribution in [2.75, 3.05) is 10.8 Å². The number of nitro benzene ring substituents is 1. The Hall–Kier alpha value is -2.67. The molecule has 0 aromatic heterocycles. The molecule has 6 nitrogen and oxygen atoms in total. The number of non-ortho nitro benzene ring substituents is 1. The molecule has 0 aliphatic carbocycles. The van der Waals surface area contributed by atoms with Gasteiger partial charge in [-0.1, -0.05) is 24.3 Å². The number of rotatable bonds is 6. The van der Waals surface area contributed by atoms with Gasteiger partial charge in [-0.15, -0.1) is 6.58 Å². The van der Waals surface area contributed by atoms with Gasteiger partial charge in [0.1, 0.15) is 0 Å². The molecule has 0 unspecified atom stereocenters. The van der Waals surface area contributed by atoms with Crippen molar-refractivity contribution in [1.82, 2.24) is 0 Å². The lowest BCUT2D eigenvalue weighted by Gasteiger charge is -2.26. The number of benzene rings is 2. The lowest BCUT2D eigenvalue weighted by molar-refractivity contribution is -0.385. The SMILES string of the molecule is C=CCN(c1cc(C)ccc1C)S(=O)(=O)c1cc([N+](=O)[O-])ccc1C. The minimum absolute atomic E-state index is 0.0642. The van der Waals surface area contributed by atoms with E-state index in [1.54, 1.807) is 13.0 Å². The van der Waals surface area contributed by atoms with E-state index in [1.807, 2.05) is 26.0 Å². The monoisotopic (exact) mass is 360 g/mol. The number of hydrogen-bond acceptors (Lipinski definition) is 4. The third-order valence-corrected chi connectivity index (χ3v) is 5.80. The summed E-state index contributed by atoms with van der Waals surface area (Å²) < 4.78 is 27.7. The summed E-state index contributed by atoms with van der Waals surface area (Å²) in [6.07, 6.45) is 1.49. The van der Waals surface area contributed by atoms with Crippen LogP contribution in [0.5, 0.6) is 0 Å². The molecule has 0 aliphatic rings. The molecule has 0 atom stereocenters. The second-order valence-electron chi connectivity index (χ2n) is 5.82. The Morgan fingerprint density at radius 2 is 1.76 bits per heavy atom. The van der Waals surface area contributed by atoms with E-state index in [9.17, 15) is 18.5 Å². The van der Waals surface area contributed by atoms with Crippen molar-refractivity contribution in [1.29, 1.82) is 0 Å². The third-order valence-electron chi connectivity index (χ3n) is 3.88. The molecule has 0 radical (unpaired) electrons. The van der Waals surface area contributed by atoms with E-state index in [0.717, 1.165) is 17.2 Å². The molecule has 2 rings (SSSR count). The molecule has 0 amide bonds. The zero-order chi connectivity index (χ0) is 18.8. The fourth-order valence-electron chi connectivity index (χ4n) is 2.53. The molecule has 0 fully saturated rings. The maximum absolute atomic E-state index is 13.2. The first-order valence-corrected chi connectivity index (χ1v) is 9.08. The van der Waals surface area contributed by atoms with E-state index in [2.05, 4.69) is 6.58 Å². The number of sulfonamides is 1. The first-order chi connectivity index (χ1) is 11.7. The average molecular weight is 360 g/mol. The molecule has 2 aromatic rings. The number of nitrogens with zero attached hydrogens (tertiary/aromatic N) is 2. The zero-order valence-corrected chi connectivity index (χ0v) is 15.2. The van der Waals surface area contributed by atoms with Gasteiger partial charge in [0.15, 0.2) is 0 Å². The fourth-order valence-corrected chi connectivity index (χ4v) is 4.27. The van der Waals surface area contributed by atoms with E-state index in [4.69, 9.17) is 0 Å². The van der Waals surface area contributed by atoms with Gasteiger partial charge >= 0.3 is 0 Å². The maximum atomic E-state index is 13.2. The first kappa shape index (κ1) is 18.7. The van der Waals surface area contributed by atoms with Crippen molar-refractivity contribution >= 4 is 21.4 Å². The summed E-state index contributed by atoms with van der Waals surface area (Å²) in [4.78, 5) is 10.4. The maximum Gasteiger partial charge on any atom is 0.270 e. The second-order valence-corrected chi connectivity index (χ2v) is 7.65. The third kappa shape index (κ3) is 3.71. The molecule has 0 spiro atoms. The minimum Gasteiger partial charge on any atom is -0.262 e. The van der Waals surface area contributed by atoms with Crippen molar-refractivity contribution < 1.29 is 13.3 Å². The van der Waals surface area contributed by atoms with Gasteiger partial charge in [-0.05, 0) is 43.5 Å². The molecule has 132 valence electrons. The quantitative estimate of drug-likeness (QED) is 0.444. The highest BCUT2D eigenvalue weighted by Gasteiger charge is 2.28. The molecule has 0 saturated carbocycles. The summed E-state index contributed by atoms with van der Waals surface area (Å²) in [5, 5.41) is 11.0. The molecule has 0 bridgehead atoms. The van der Waals surface area contributed by atoms with Crippen LogP contribution in [0.25, 0.3) is 0 Å². The predicted octanol–water partition coefficient (Wildman–Crippen LogP) is 3.90. The van der Waals surface area contributed by atoms with Gasteiger partial charge in [0.05, 0.1) is 22.1 Å². The number of nitro groups is 1. The van der Waals surface area contributed by atoms with E-state index in [1.165, 1.54) is 22.5 Å². The Bertz CT molecular complexity index is 936. The highest BCUT2D eigenvalue weighted by atomic mass is 32.2. The topological polar surface area (TPSA) is 80.5 Å². The van der Waals surface area contributed by atoms with E-state index < -0.39 is 14.9 Å². The van der Waals surface area contributed by atoms with Crippen LogP contribution < -0.4 is 4.31 Å². The van der Waals surface area contributed by atoms with Gasteiger partial charge < -0.3 is 0 Å². The van der Waals surface area contributed by atoms with Crippen LogP contribution in [-0.2, 0) is 10.0 Å². The van der Waals surface area contributed by atoms with Crippen LogP contribution in [-0.4, -0.2) is 19.9 Å². The molecule has 0 heterocycles. The van der Waals surface area contributed by atoms with Crippen LogP contribution >= 0.6 is 0 Å². The zero-order valence-electron chi connectivity index (χ0n) is 14.4. The molecule has 7 heteroatoms. The van der Waals surface area contributed by atoms with E-state index in [-0.39, 0.29) is 17.1 Å². The Kier molecular flexibility index (Phi) is 5.27. The smallest absolute Gasteiger partial charge is 0.262 e. The Morgan fingerprint density at radius 3 is 2.36 bits per heavy atom. The summed E-state index contributed by atoms with van der Waals surface area (Å²) in [5.41, 5.74) is 2.43. The number of aryl methyl sites for hydroxylation is 3. The van der Waals surface area contributed by atoms with Gasteiger partial charge in [0.25, 0.3) is 15.7 Å². The first-order valence-electron chi connectivity index (χ1n) is 7.64. The van der Waals surface area contributed by atoms with Crippen molar-refractivity contribution in [2.24, 2.45) is 0 Å². The van der Waals surface area contributed by atoms with Crippen LogP contribution in [0.3, 0.4) is 0 Å². The summed E-state index contributed by atoms with van der Waals surface area (Å²) in [5.74, 6) is 0. The minimum atomic E-state index is -3.98. The molecule has 25 heavy (non-hydrogen) atoms. The Labute approximate surface area is 147 Å². The molecule has 0 aliphatic heterocycles. The van der Waals surface area contributed by atoms with Crippen LogP contribution in [0.1, 0.15) is 16.7 Å². The number of hydrogen-bond donors (Lipinski definition) is 0. The average Bonchev–Trinajstić information content (AvgIpc) is 2.55. The van der Waals surface area contributed by atoms with Gasteiger partial charge in [-0.3, -0.25) is 14.4 Å². The van der Waals surface area contributed by atoms with Crippen molar-refractivity contribution in [2.45, 2.75) is 25.7 Å². The summed E-state index contributed by atoms with van der Waals surface area (Å²) in [6, 6.07) is 9.37. The van der Waals surface area contributed by atoms with E-state index >= 15 is 0 Å². The fraction of sp³-hybridized carbons (Fsp3) is 0.222. The second kappa shape index (κ2) is 7.06. The molecular formula is C18H20N2O4S. The molecule has 0 N–H and O–H groups in total. The van der Waals surface area contributed by atoms with Crippen molar-refractivity contribution in [3.63, 3.8) is 0 Å². The highest BCUT2D eigenvalue weighted by Crippen LogP contribution is 2.30. The predicted molar refractivity (Wildman–Crippen MR) is 98.5 cm³/mol. The molecule has 2 aromatic carbocycles. The van der Waals surface area contributed by atoms with Crippen molar-refractivity contribution in [3.8, 4) is 0 Å². The summed E-state index contributed by atoms with van der Waals surface area (Å²) >= 11 is 0. The lowest BCUT2D eigenvalue weighted by atomic mass is 10.1. The molecule has 0 saturated heterocycles. The van der Waals surface area contributed by atoms with E-state index in [0.29, 0.717) is 11.3 Å². The van der Waals surface area contributed by atoms with Crippen LogP contribution in [0.4, 0.5) is 11.4 Å². The van der Waals surface area contributed by atoms with Crippen LogP contribution in [0.2, 0.25) is 0 Å². The largest absolute Gasteiger partial charge is 0.270 e. The Morgan fingerprint density at radius 1 is 1.12 bits per heavy atom. The lowest BCUT2D eigenvalue weighted by Crippen LogP contribution is -2.32. The highest BCUT2D eigenvalue weighted by molar-refractivity contribution is 7.92. The van der Waals surface area contributed by atoms with Gasteiger partial charge in [-0.25, -0.2) is 8.42 Å².